The molecule has 1 unspecified atom stereocenters. The van der Waals surface area contributed by atoms with E-state index < -0.39 is 0 Å². The second kappa shape index (κ2) is 5.44. The molecule has 1 aromatic heterocycles. The van der Waals surface area contributed by atoms with Crippen molar-refractivity contribution in [2.75, 3.05) is 25.0 Å². The highest BCUT2D eigenvalue weighted by molar-refractivity contribution is 5.92. The van der Waals surface area contributed by atoms with E-state index in [1.165, 1.54) is 48.9 Å². The highest BCUT2D eigenvalue weighted by Gasteiger charge is 2.12. The zero-order valence-electron chi connectivity index (χ0n) is 10.7. The van der Waals surface area contributed by atoms with Crippen molar-refractivity contribution < 1.29 is 0 Å². The van der Waals surface area contributed by atoms with Crippen LogP contribution in [0.4, 0.5) is 5.69 Å². The van der Waals surface area contributed by atoms with Gasteiger partial charge in [-0.2, -0.15) is 0 Å². The lowest BCUT2D eigenvalue weighted by Gasteiger charge is -2.22. The summed E-state index contributed by atoms with van der Waals surface area (Å²) in [5.41, 5.74) is 2.44. The zero-order valence-corrected chi connectivity index (χ0v) is 10.7. The second-order valence-corrected chi connectivity index (χ2v) is 5.18. The maximum atomic E-state index is 3.56. The fourth-order valence-electron chi connectivity index (χ4n) is 2.80. The monoisotopic (exact) mass is 243 g/mol. The summed E-state index contributed by atoms with van der Waals surface area (Å²) in [5, 5.41) is 8.32. The number of aromatic amines is 1. The number of hydrogen-bond acceptors (Lipinski definition) is 2. The van der Waals surface area contributed by atoms with E-state index in [9.17, 15) is 0 Å². The molecule has 0 radical (unpaired) electrons. The van der Waals surface area contributed by atoms with Gasteiger partial charge >= 0.3 is 0 Å². The highest BCUT2D eigenvalue weighted by atomic mass is 14.9. The van der Waals surface area contributed by atoms with Gasteiger partial charge in [0, 0.05) is 23.6 Å². The Bertz CT molecular complexity index is 497. The van der Waals surface area contributed by atoms with Gasteiger partial charge in [0.1, 0.15) is 0 Å². The molecule has 1 saturated heterocycles. The van der Waals surface area contributed by atoms with Crippen molar-refractivity contribution >= 4 is 16.6 Å². The van der Waals surface area contributed by atoms with Gasteiger partial charge in [-0.15, -0.1) is 0 Å². The van der Waals surface area contributed by atoms with E-state index in [1.54, 1.807) is 0 Å². The molecule has 1 atom stereocenters. The predicted molar refractivity (Wildman–Crippen MR) is 77.0 cm³/mol. The Balaban J connectivity index is 1.56. The molecule has 1 fully saturated rings. The number of rotatable bonds is 4. The van der Waals surface area contributed by atoms with E-state index in [0.29, 0.717) is 0 Å². The zero-order chi connectivity index (χ0) is 12.2. The molecule has 1 aromatic carbocycles. The Kier molecular flexibility index (Phi) is 3.51. The Morgan fingerprint density at radius 3 is 3.11 bits per heavy atom. The first-order valence-electron chi connectivity index (χ1n) is 6.94. The predicted octanol–water partition coefficient (Wildman–Crippen LogP) is 2.97. The molecule has 0 saturated carbocycles. The molecule has 3 nitrogen and oxygen atoms in total. The minimum atomic E-state index is 0.844. The molecule has 18 heavy (non-hydrogen) atoms. The summed E-state index contributed by atoms with van der Waals surface area (Å²) >= 11 is 0. The Hall–Kier alpha value is -1.48. The number of nitrogens with one attached hydrogen (secondary N) is 3. The number of H-pyrrole nitrogens is 1. The van der Waals surface area contributed by atoms with Crippen molar-refractivity contribution in [3.05, 3.63) is 30.5 Å². The fourth-order valence-corrected chi connectivity index (χ4v) is 2.80. The summed E-state index contributed by atoms with van der Waals surface area (Å²) in [6.07, 6.45) is 6.04. The normalized spacial score (nSPS) is 20.1. The minimum absolute atomic E-state index is 0.844. The lowest BCUT2D eigenvalue weighted by atomic mass is 9.96. The van der Waals surface area contributed by atoms with Crippen LogP contribution in [0.25, 0.3) is 10.9 Å². The largest absolute Gasteiger partial charge is 0.383 e. The van der Waals surface area contributed by atoms with Gasteiger partial charge in [-0.1, -0.05) is 18.2 Å². The van der Waals surface area contributed by atoms with Crippen molar-refractivity contribution in [2.24, 2.45) is 5.92 Å². The van der Waals surface area contributed by atoms with Crippen molar-refractivity contribution in [1.29, 1.82) is 0 Å². The van der Waals surface area contributed by atoms with Crippen LogP contribution in [-0.4, -0.2) is 24.6 Å². The van der Waals surface area contributed by atoms with E-state index in [2.05, 4.69) is 46.1 Å². The van der Waals surface area contributed by atoms with Crippen molar-refractivity contribution in [1.82, 2.24) is 10.3 Å². The molecule has 3 N–H and O–H groups in total. The van der Waals surface area contributed by atoms with Crippen LogP contribution < -0.4 is 10.6 Å². The van der Waals surface area contributed by atoms with Gasteiger partial charge < -0.3 is 15.6 Å². The number of para-hydroxylation sites is 1. The first-order valence-corrected chi connectivity index (χ1v) is 6.94. The van der Waals surface area contributed by atoms with Gasteiger partial charge in [-0.25, -0.2) is 0 Å². The van der Waals surface area contributed by atoms with Crippen molar-refractivity contribution in [3.8, 4) is 0 Å². The maximum absolute atomic E-state index is 3.56. The van der Waals surface area contributed by atoms with Crippen LogP contribution in [-0.2, 0) is 0 Å². The molecule has 0 bridgehead atoms. The summed E-state index contributed by atoms with van der Waals surface area (Å²) in [4.78, 5) is 3.30. The van der Waals surface area contributed by atoms with Crippen LogP contribution in [0.5, 0.6) is 0 Å². The lowest BCUT2D eigenvalue weighted by Crippen LogP contribution is -2.30. The molecule has 0 spiro atoms. The molecule has 3 heteroatoms. The van der Waals surface area contributed by atoms with Crippen LogP contribution in [0, 0.1) is 5.92 Å². The van der Waals surface area contributed by atoms with Crippen molar-refractivity contribution in [2.45, 2.75) is 19.3 Å². The molecular weight excluding hydrogens is 222 g/mol. The van der Waals surface area contributed by atoms with Gasteiger partial charge in [0.15, 0.2) is 0 Å². The number of fused-ring (bicyclic) bond motifs is 1. The standard InChI is InChI=1S/C15H21N3/c1-2-6-14-13(5-1)15(11-18-14)17-9-7-12-4-3-8-16-10-12/h1-2,5-6,11-12,16-18H,3-4,7-10H2. The Morgan fingerprint density at radius 1 is 1.28 bits per heavy atom. The summed E-state index contributed by atoms with van der Waals surface area (Å²) < 4.78 is 0. The van der Waals surface area contributed by atoms with Crippen LogP contribution >= 0.6 is 0 Å². The van der Waals surface area contributed by atoms with Crippen LogP contribution in [0.1, 0.15) is 19.3 Å². The Morgan fingerprint density at radius 2 is 2.22 bits per heavy atom. The summed E-state index contributed by atoms with van der Waals surface area (Å²) in [5.74, 6) is 0.844. The lowest BCUT2D eigenvalue weighted by molar-refractivity contribution is 0.364. The molecule has 0 aliphatic carbocycles. The number of aromatic nitrogens is 1. The summed E-state index contributed by atoms with van der Waals surface area (Å²) in [7, 11) is 0. The van der Waals surface area contributed by atoms with Crippen LogP contribution in [0.3, 0.4) is 0 Å². The SMILES string of the molecule is c1ccc2c(NCCC3CCCNC3)c[nH]c2c1. The average Bonchev–Trinajstić information content (AvgIpc) is 2.84. The molecule has 2 heterocycles. The van der Waals surface area contributed by atoms with E-state index >= 15 is 0 Å². The van der Waals surface area contributed by atoms with E-state index in [1.807, 2.05) is 0 Å². The molecule has 1 aliphatic heterocycles. The van der Waals surface area contributed by atoms with E-state index in [0.717, 1.165) is 12.5 Å². The third-order valence-electron chi connectivity index (χ3n) is 3.86. The van der Waals surface area contributed by atoms with E-state index in [-0.39, 0.29) is 0 Å². The first-order chi connectivity index (χ1) is 8.93. The first kappa shape index (κ1) is 11.6. The quantitative estimate of drug-likeness (QED) is 0.772. The molecule has 96 valence electrons. The molecule has 1 aliphatic rings. The smallest absolute Gasteiger partial charge is 0.0597 e. The van der Waals surface area contributed by atoms with Gasteiger partial charge in [-0.3, -0.25) is 0 Å². The van der Waals surface area contributed by atoms with E-state index in [4.69, 9.17) is 0 Å². The maximum Gasteiger partial charge on any atom is 0.0597 e. The Labute approximate surface area is 108 Å². The highest BCUT2D eigenvalue weighted by Crippen LogP contribution is 2.23. The summed E-state index contributed by atoms with van der Waals surface area (Å²) in [6, 6.07) is 8.44. The van der Waals surface area contributed by atoms with Gasteiger partial charge in [0.25, 0.3) is 0 Å². The van der Waals surface area contributed by atoms with Gasteiger partial charge in [0.05, 0.1) is 5.69 Å². The number of anilines is 1. The van der Waals surface area contributed by atoms with Crippen LogP contribution in [0.15, 0.2) is 30.5 Å². The minimum Gasteiger partial charge on any atom is -0.383 e. The van der Waals surface area contributed by atoms with Crippen LogP contribution in [0.2, 0.25) is 0 Å². The fraction of sp³-hybridized carbons (Fsp3) is 0.467. The third kappa shape index (κ3) is 2.51. The number of piperidine rings is 1. The molecule has 3 rings (SSSR count). The second-order valence-electron chi connectivity index (χ2n) is 5.18. The molecule has 2 aromatic rings. The van der Waals surface area contributed by atoms with Gasteiger partial charge in [-0.05, 0) is 44.3 Å². The molecule has 0 amide bonds. The summed E-state index contributed by atoms with van der Waals surface area (Å²) in [6.45, 7) is 3.45. The average molecular weight is 243 g/mol. The topological polar surface area (TPSA) is 39.8 Å². The van der Waals surface area contributed by atoms with Crippen molar-refractivity contribution in [3.63, 3.8) is 0 Å². The third-order valence-corrected chi connectivity index (χ3v) is 3.86. The number of benzene rings is 1. The number of hydrogen-bond donors (Lipinski definition) is 3. The van der Waals surface area contributed by atoms with Gasteiger partial charge in [0.2, 0.25) is 0 Å². The molecular formula is C15H21N3.